The number of hydrogen-bond donors (Lipinski definition) is 1. The lowest BCUT2D eigenvalue weighted by Crippen LogP contribution is -2.32. The second-order valence-corrected chi connectivity index (χ2v) is 5.38. The molecule has 1 rings (SSSR count). The van der Waals surface area contributed by atoms with Crippen LogP contribution in [0.5, 0.6) is 0 Å². The van der Waals surface area contributed by atoms with Crippen LogP contribution in [-0.2, 0) is 11.3 Å². The molecule has 18 heavy (non-hydrogen) atoms. The smallest absolute Gasteiger partial charge is 0.317 e. The SMILES string of the molecule is CC(C)CN(CC(=O)O)Cc1cnn(C(C)C)c1. The predicted molar refractivity (Wildman–Crippen MR) is 70.4 cm³/mol. The first-order valence-corrected chi connectivity index (χ1v) is 6.35. The van der Waals surface area contributed by atoms with Crippen LogP contribution in [0.1, 0.15) is 39.3 Å². The van der Waals surface area contributed by atoms with E-state index in [1.165, 1.54) is 0 Å². The first-order valence-electron chi connectivity index (χ1n) is 6.35. The Morgan fingerprint density at radius 2 is 2.11 bits per heavy atom. The lowest BCUT2D eigenvalue weighted by molar-refractivity contribution is -0.138. The highest BCUT2D eigenvalue weighted by molar-refractivity contribution is 5.69. The molecule has 0 fully saturated rings. The molecule has 0 saturated heterocycles. The van der Waals surface area contributed by atoms with E-state index in [0.29, 0.717) is 18.5 Å². The molecule has 1 heterocycles. The van der Waals surface area contributed by atoms with E-state index >= 15 is 0 Å². The molecule has 0 radical (unpaired) electrons. The summed E-state index contributed by atoms with van der Waals surface area (Å²) in [4.78, 5) is 12.8. The molecule has 0 unspecified atom stereocenters. The van der Waals surface area contributed by atoms with Gasteiger partial charge in [-0.3, -0.25) is 14.4 Å². The molecular formula is C13H23N3O2. The largest absolute Gasteiger partial charge is 0.480 e. The van der Waals surface area contributed by atoms with E-state index in [4.69, 9.17) is 5.11 Å². The van der Waals surface area contributed by atoms with Gasteiger partial charge in [-0.25, -0.2) is 0 Å². The van der Waals surface area contributed by atoms with Gasteiger partial charge in [-0.15, -0.1) is 0 Å². The van der Waals surface area contributed by atoms with Crippen molar-refractivity contribution in [3.8, 4) is 0 Å². The number of carboxylic acids is 1. The van der Waals surface area contributed by atoms with Crippen molar-refractivity contribution in [1.82, 2.24) is 14.7 Å². The van der Waals surface area contributed by atoms with Crippen LogP contribution in [0, 0.1) is 5.92 Å². The van der Waals surface area contributed by atoms with Crippen molar-refractivity contribution in [2.24, 2.45) is 5.92 Å². The maximum atomic E-state index is 10.8. The Hall–Kier alpha value is -1.36. The molecule has 5 heteroatoms. The molecule has 0 aliphatic carbocycles. The summed E-state index contributed by atoms with van der Waals surface area (Å²) in [5, 5.41) is 13.2. The number of nitrogens with zero attached hydrogens (tertiary/aromatic N) is 3. The molecule has 1 N–H and O–H groups in total. The number of aromatic nitrogens is 2. The van der Waals surface area contributed by atoms with Gasteiger partial charge in [0.15, 0.2) is 0 Å². The Labute approximate surface area is 108 Å². The maximum absolute atomic E-state index is 10.8. The summed E-state index contributed by atoms with van der Waals surface area (Å²) in [7, 11) is 0. The van der Waals surface area contributed by atoms with Gasteiger partial charge in [0.1, 0.15) is 0 Å². The predicted octanol–water partition coefficient (Wildman–Crippen LogP) is 2.01. The van der Waals surface area contributed by atoms with Crippen molar-refractivity contribution in [1.29, 1.82) is 0 Å². The Morgan fingerprint density at radius 3 is 2.56 bits per heavy atom. The monoisotopic (exact) mass is 253 g/mol. The number of aliphatic carboxylic acids is 1. The average molecular weight is 253 g/mol. The molecule has 0 aliphatic heterocycles. The number of hydrogen-bond acceptors (Lipinski definition) is 3. The minimum Gasteiger partial charge on any atom is -0.480 e. The maximum Gasteiger partial charge on any atom is 0.317 e. The molecule has 102 valence electrons. The van der Waals surface area contributed by atoms with Crippen LogP contribution >= 0.6 is 0 Å². The summed E-state index contributed by atoms with van der Waals surface area (Å²) in [6.07, 6.45) is 3.80. The van der Waals surface area contributed by atoms with Crippen molar-refractivity contribution in [3.05, 3.63) is 18.0 Å². The van der Waals surface area contributed by atoms with Gasteiger partial charge in [-0.2, -0.15) is 5.10 Å². The van der Waals surface area contributed by atoms with E-state index in [1.807, 2.05) is 22.0 Å². The van der Waals surface area contributed by atoms with Crippen molar-refractivity contribution in [2.45, 2.75) is 40.3 Å². The van der Waals surface area contributed by atoms with Crippen LogP contribution in [-0.4, -0.2) is 38.8 Å². The molecule has 0 bridgehead atoms. The molecule has 0 amide bonds. The zero-order valence-electron chi connectivity index (χ0n) is 11.6. The number of rotatable bonds is 7. The van der Waals surface area contributed by atoms with Crippen LogP contribution < -0.4 is 0 Å². The van der Waals surface area contributed by atoms with E-state index in [2.05, 4.69) is 32.8 Å². The van der Waals surface area contributed by atoms with E-state index in [1.54, 1.807) is 0 Å². The second-order valence-electron chi connectivity index (χ2n) is 5.38. The summed E-state index contributed by atoms with van der Waals surface area (Å²) in [6.45, 7) is 9.81. The summed E-state index contributed by atoms with van der Waals surface area (Å²) < 4.78 is 1.89. The van der Waals surface area contributed by atoms with Gasteiger partial charge in [-0.05, 0) is 19.8 Å². The topological polar surface area (TPSA) is 58.4 Å². The Bertz CT molecular complexity index is 385. The fourth-order valence-electron chi connectivity index (χ4n) is 1.89. The number of carboxylic acid groups (broad SMARTS) is 1. The van der Waals surface area contributed by atoms with Crippen molar-refractivity contribution in [2.75, 3.05) is 13.1 Å². The fraction of sp³-hybridized carbons (Fsp3) is 0.692. The van der Waals surface area contributed by atoms with Crippen LogP contribution in [0.2, 0.25) is 0 Å². The lowest BCUT2D eigenvalue weighted by atomic mass is 10.2. The highest BCUT2D eigenvalue weighted by Gasteiger charge is 2.13. The van der Waals surface area contributed by atoms with Gasteiger partial charge in [0.2, 0.25) is 0 Å². The van der Waals surface area contributed by atoms with Crippen molar-refractivity contribution < 1.29 is 9.90 Å². The lowest BCUT2D eigenvalue weighted by Gasteiger charge is -2.21. The highest BCUT2D eigenvalue weighted by atomic mass is 16.4. The van der Waals surface area contributed by atoms with Gasteiger partial charge in [0.25, 0.3) is 0 Å². The summed E-state index contributed by atoms with van der Waals surface area (Å²) in [5.41, 5.74) is 1.06. The fourth-order valence-corrected chi connectivity index (χ4v) is 1.89. The standard InChI is InChI=1S/C13H23N3O2/c1-10(2)6-15(9-13(17)18)7-12-5-14-16(8-12)11(3)4/h5,8,10-11H,6-7,9H2,1-4H3,(H,17,18). The molecule has 1 aromatic rings. The Morgan fingerprint density at radius 1 is 1.44 bits per heavy atom. The molecule has 5 nitrogen and oxygen atoms in total. The third-order valence-corrected chi connectivity index (χ3v) is 2.57. The first-order chi connectivity index (χ1) is 8.38. The molecule has 0 aromatic carbocycles. The average Bonchev–Trinajstić information content (AvgIpc) is 2.63. The molecular weight excluding hydrogens is 230 g/mol. The van der Waals surface area contributed by atoms with Gasteiger partial charge in [0.05, 0.1) is 12.7 Å². The highest BCUT2D eigenvalue weighted by Crippen LogP contribution is 2.09. The minimum atomic E-state index is -0.785. The van der Waals surface area contributed by atoms with E-state index in [9.17, 15) is 4.79 Å². The molecule has 0 spiro atoms. The Kier molecular flexibility index (Phi) is 5.34. The van der Waals surface area contributed by atoms with E-state index < -0.39 is 5.97 Å². The van der Waals surface area contributed by atoms with Gasteiger partial charge in [0, 0.05) is 30.9 Å². The van der Waals surface area contributed by atoms with Crippen LogP contribution in [0.3, 0.4) is 0 Å². The molecule has 0 aliphatic rings. The van der Waals surface area contributed by atoms with Crippen LogP contribution in [0.15, 0.2) is 12.4 Å². The quantitative estimate of drug-likeness (QED) is 0.807. The molecule has 0 atom stereocenters. The summed E-state index contributed by atoms with van der Waals surface area (Å²) >= 11 is 0. The normalized spacial score (nSPS) is 11.7. The summed E-state index contributed by atoms with van der Waals surface area (Å²) in [5.74, 6) is -0.337. The second kappa shape index (κ2) is 6.54. The van der Waals surface area contributed by atoms with Gasteiger partial charge >= 0.3 is 5.97 Å². The van der Waals surface area contributed by atoms with Crippen molar-refractivity contribution in [3.63, 3.8) is 0 Å². The van der Waals surface area contributed by atoms with Crippen LogP contribution in [0.4, 0.5) is 0 Å². The van der Waals surface area contributed by atoms with Gasteiger partial charge < -0.3 is 5.11 Å². The molecule has 1 aromatic heterocycles. The van der Waals surface area contributed by atoms with Gasteiger partial charge in [-0.1, -0.05) is 13.8 Å². The van der Waals surface area contributed by atoms with Crippen molar-refractivity contribution >= 4 is 5.97 Å². The Balaban J connectivity index is 2.65. The third kappa shape index (κ3) is 4.87. The molecule has 0 saturated carbocycles. The minimum absolute atomic E-state index is 0.0744. The number of carbonyl (C=O) groups is 1. The first kappa shape index (κ1) is 14.7. The van der Waals surface area contributed by atoms with E-state index in [-0.39, 0.29) is 6.54 Å². The van der Waals surface area contributed by atoms with E-state index in [0.717, 1.165) is 12.1 Å². The third-order valence-electron chi connectivity index (χ3n) is 2.57. The summed E-state index contributed by atoms with van der Waals surface area (Å²) in [6, 6.07) is 0.330. The van der Waals surface area contributed by atoms with Crippen LogP contribution in [0.25, 0.3) is 0 Å². The zero-order chi connectivity index (χ0) is 13.7. The zero-order valence-corrected chi connectivity index (χ0v) is 11.6.